The summed E-state index contributed by atoms with van der Waals surface area (Å²) in [5.41, 5.74) is 1.39. The molecule has 2 aromatic rings. The summed E-state index contributed by atoms with van der Waals surface area (Å²) in [6, 6.07) is 11.1. The molecule has 0 heterocycles. The van der Waals surface area contributed by atoms with Crippen LogP contribution < -0.4 is 10.2 Å². The molecule has 1 N–H and O–H groups in total. The fourth-order valence-corrected chi connectivity index (χ4v) is 2.57. The van der Waals surface area contributed by atoms with Gasteiger partial charge in [-0.3, -0.25) is 4.79 Å². The van der Waals surface area contributed by atoms with Crippen LogP contribution in [0.25, 0.3) is 0 Å². The van der Waals surface area contributed by atoms with Gasteiger partial charge in [0.05, 0.1) is 0 Å². The van der Waals surface area contributed by atoms with E-state index in [1.54, 1.807) is 0 Å². The Hall–Kier alpha value is -2.96. The zero-order valence-electron chi connectivity index (χ0n) is 15.3. The average Bonchev–Trinajstić information content (AvgIpc) is 2.63. The molecule has 1 amide bonds. The molecule has 5 nitrogen and oxygen atoms in total. The van der Waals surface area contributed by atoms with Crippen LogP contribution in [0.1, 0.15) is 22.8 Å². The number of esters is 1. The topological polar surface area (TPSA) is 58.6 Å². The summed E-state index contributed by atoms with van der Waals surface area (Å²) in [4.78, 5) is 25.7. The van der Waals surface area contributed by atoms with Gasteiger partial charge in [-0.25, -0.2) is 13.6 Å². The normalized spacial score (nSPS) is 10.4. The third kappa shape index (κ3) is 5.77. The van der Waals surface area contributed by atoms with Crippen LogP contribution in [0.5, 0.6) is 0 Å². The van der Waals surface area contributed by atoms with Gasteiger partial charge < -0.3 is 15.0 Å². The molecule has 0 aliphatic heterocycles. The lowest BCUT2D eigenvalue weighted by atomic mass is 10.2. The van der Waals surface area contributed by atoms with E-state index in [0.717, 1.165) is 36.0 Å². The molecule has 2 aromatic carbocycles. The molecule has 0 aromatic heterocycles. The quantitative estimate of drug-likeness (QED) is 0.720. The molecule has 0 spiro atoms. The molecule has 0 radical (unpaired) electrons. The number of anilines is 1. The van der Waals surface area contributed by atoms with E-state index in [1.165, 1.54) is 0 Å². The molecule has 0 atom stereocenters. The highest BCUT2D eigenvalue weighted by Crippen LogP contribution is 2.15. The summed E-state index contributed by atoms with van der Waals surface area (Å²) in [6.45, 7) is 5.08. The van der Waals surface area contributed by atoms with Crippen LogP contribution in [0.15, 0.2) is 42.5 Å². The summed E-state index contributed by atoms with van der Waals surface area (Å²) in [7, 11) is 0. The first kappa shape index (κ1) is 20.4. The lowest BCUT2D eigenvalue weighted by Crippen LogP contribution is -2.37. The summed E-state index contributed by atoms with van der Waals surface area (Å²) < 4.78 is 31.7. The van der Waals surface area contributed by atoms with E-state index in [9.17, 15) is 18.4 Å². The number of aryl methyl sites for hydroxylation is 1. The van der Waals surface area contributed by atoms with Crippen molar-refractivity contribution in [2.75, 3.05) is 31.1 Å². The lowest BCUT2D eigenvalue weighted by molar-refractivity contribution is -0.124. The van der Waals surface area contributed by atoms with E-state index in [1.807, 2.05) is 32.0 Å². The van der Waals surface area contributed by atoms with Gasteiger partial charge in [0, 0.05) is 25.3 Å². The zero-order valence-corrected chi connectivity index (χ0v) is 15.3. The Labute approximate surface area is 156 Å². The number of amides is 1. The first-order chi connectivity index (χ1) is 12.9. The van der Waals surface area contributed by atoms with Gasteiger partial charge in [-0.2, -0.15) is 0 Å². The minimum Gasteiger partial charge on any atom is -0.452 e. The number of rotatable bonds is 8. The van der Waals surface area contributed by atoms with E-state index in [4.69, 9.17) is 4.74 Å². The molecule has 0 saturated carbocycles. The first-order valence-corrected chi connectivity index (χ1v) is 8.61. The van der Waals surface area contributed by atoms with Crippen LogP contribution in [0.2, 0.25) is 0 Å². The highest BCUT2D eigenvalue weighted by atomic mass is 19.1. The van der Waals surface area contributed by atoms with Gasteiger partial charge in [0.15, 0.2) is 6.61 Å². The first-order valence-electron chi connectivity index (χ1n) is 8.61. The summed E-state index contributed by atoms with van der Waals surface area (Å²) in [5.74, 6) is -3.81. The highest BCUT2D eigenvalue weighted by molar-refractivity contribution is 5.91. The van der Waals surface area contributed by atoms with Crippen molar-refractivity contribution in [1.82, 2.24) is 5.32 Å². The molecular weight excluding hydrogens is 354 g/mol. The predicted octanol–water partition coefficient (Wildman–Crippen LogP) is 3.07. The van der Waals surface area contributed by atoms with Crippen LogP contribution in [-0.4, -0.2) is 38.1 Å². The second-order valence-corrected chi connectivity index (χ2v) is 5.94. The van der Waals surface area contributed by atoms with Gasteiger partial charge in [-0.1, -0.05) is 18.2 Å². The zero-order chi connectivity index (χ0) is 19.8. The molecule has 7 heteroatoms. The number of ether oxygens (including phenoxy) is 1. The fraction of sp³-hybridized carbons (Fsp3) is 0.300. The number of halogens is 2. The van der Waals surface area contributed by atoms with E-state index in [2.05, 4.69) is 16.3 Å². The SMILES string of the molecule is CCN(CCNC(=O)COC(=O)c1c(F)cccc1F)c1cccc(C)c1. The Morgan fingerprint density at radius 1 is 1.11 bits per heavy atom. The Kier molecular flexibility index (Phi) is 7.28. The van der Waals surface area contributed by atoms with E-state index in [0.29, 0.717) is 13.1 Å². The molecule has 2 rings (SSSR count). The Bertz CT molecular complexity index is 791. The Balaban J connectivity index is 1.80. The van der Waals surface area contributed by atoms with Crippen molar-refractivity contribution in [3.05, 3.63) is 65.2 Å². The van der Waals surface area contributed by atoms with Crippen LogP contribution in [0, 0.1) is 18.6 Å². The van der Waals surface area contributed by atoms with Crippen molar-refractivity contribution < 1.29 is 23.1 Å². The summed E-state index contributed by atoms with van der Waals surface area (Å²) >= 11 is 0. The van der Waals surface area contributed by atoms with Crippen LogP contribution >= 0.6 is 0 Å². The third-order valence-electron chi connectivity index (χ3n) is 3.95. The van der Waals surface area contributed by atoms with Gasteiger partial charge >= 0.3 is 5.97 Å². The Morgan fingerprint density at radius 3 is 2.41 bits per heavy atom. The van der Waals surface area contributed by atoms with E-state index < -0.39 is 35.7 Å². The minimum absolute atomic E-state index is 0.340. The van der Waals surface area contributed by atoms with Crippen LogP contribution in [0.3, 0.4) is 0 Å². The largest absolute Gasteiger partial charge is 0.452 e. The summed E-state index contributed by atoms with van der Waals surface area (Å²) in [6.07, 6.45) is 0. The maximum absolute atomic E-state index is 13.5. The smallest absolute Gasteiger partial charge is 0.344 e. The standard InChI is InChI=1S/C20H22F2N2O3/c1-3-24(15-7-4-6-14(2)12-15)11-10-23-18(25)13-27-20(26)19-16(21)8-5-9-17(19)22/h4-9,12H,3,10-11,13H2,1-2H3,(H,23,25). The fourth-order valence-electron chi connectivity index (χ4n) is 2.57. The number of carbonyl (C=O) groups is 2. The number of benzene rings is 2. The minimum atomic E-state index is -1.21. The monoisotopic (exact) mass is 376 g/mol. The number of nitrogens with zero attached hydrogens (tertiary/aromatic N) is 1. The third-order valence-corrected chi connectivity index (χ3v) is 3.95. The summed E-state index contributed by atoms with van der Waals surface area (Å²) in [5, 5.41) is 2.62. The van der Waals surface area contributed by atoms with Gasteiger partial charge in [-0.15, -0.1) is 0 Å². The van der Waals surface area contributed by atoms with Gasteiger partial charge in [0.1, 0.15) is 17.2 Å². The van der Waals surface area contributed by atoms with Gasteiger partial charge in [0.2, 0.25) is 0 Å². The lowest BCUT2D eigenvalue weighted by Gasteiger charge is -2.23. The molecule has 0 bridgehead atoms. The predicted molar refractivity (Wildman–Crippen MR) is 98.7 cm³/mol. The molecule has 0 fully saturated rings. The van der Waals surface area contributed by atoms with E-state index in [-0.39, 0.29) is 0 Å². The molecule has 0 aliphatic rings. The van der Waals surface area contributed by atoms with Crippen molar-refractivity contribution in [1.29, 1.82) is 0 Å². The van der Waals surface area contributed by atoms with Crippen molar-refractivity contribution in [2.45, 2.75) is 13.8 Å². The van der Waals surface area contributed by atoms with Crippen molar-refractivity contribution in [2.24, 2.45) is 0 Å². The van der Waals surface area contributed by atoms with Crippen molar-refractivity contribution in [3.63, 3.8) is 0 Å². The molecular formula is C20H22F2N2O3. The van der Waals surface area contributed by atoms with Crippen molar-refractivity contribution in [3.8, 4) is 0 Å². The number of likely N-dealkylation sites (N-methyl/N-ethyl adjacent to an activating group) is 1. The van der Waals surface area contributed by atoms with Crippen LogP contribution in [0.4, 0.5) is 14.5 Å². The van der Waals surface area contributed by atoms with E-state index >= 15 is 0 Å². The Morgan fingerprint density at radius 2 is 1.78 bits per heavy atom. The van der Waals surface area contributed by atoms with Gasteiger partial charge in [-0.05, 0) is 43.7 Å². The highest BCUT2D eigenvalue weighted by Gasteiger charge is 2.19. The average molecular weight is 376 g/mol. The second kappa shape index (κ2) is 9.66. The number of carbonyl (C=O) groups excluding carboxylic acids is 2. The molecule has 144 valence electrons. The maximum atomic E-state index is 13.5. The molecule has 0 saturated heterocycles. The maximum Gasteiger partial charge on any atom is 0.344 e. The van der Waals surface area contributed by atoms with Crippen LogP contribution in [-0.2, 0) is 9.53 Å². The molecule has 27 heavy (non-hydrogen) atoms. The van der Waals surface area contributed by atoms with Crippen molar-refractivity contribution >= 4 is 17.6 Å². The second-order valence-electron chi connectivity index (χ2n) is 5.94. The number of hydrogen-bond donors (Lipinski definition) is 1. The molecule has 0 unspecified atom stereocenters. The molecule has 0 aliphatic carbocycles. The number of hydrogen-bond acceptors (Lipinski definition) is 4. The van der Waals surface area contributed by atoms with Gasteiger partial charge in [0.25, 0.3) is 5.91 Å². The number of nitrogens with one attached hydrogen (secondary N) is 1.